The molecule has 1 aromatic rings. The average Bonchev–Trinajstić information content (AvgIpc) is 3.15. The number of guanidine groups is 1. The van der Waals surface area contributed by atoms with Gasteiger partial charge in [-0.1, -0.05) is 24.3 Å². The van der Waals surface area contributed by atoms with Gasteiger partial charge in [0.1, 0.15) is 0 Å². The van der Waals surface area contributed by atoms with Crippen molar-refractivity contribution in [3.63, 3.8) is 0 Å². The van der Waals surface area contributed by atoms with Crippen LogP contribution in [0.5, 0.6) is 0 Å². The van der Waals surface area contributed by atoms with Crippen LogP contribution in [0.25, 0.3) is 0 Å². The van der Waals surface area contributed by atoms with Crippen molar-refractivity contribution in [2.45, 2.75) is 43.6 Å². The standard InChI is InChI=1S/C20H32N4OS/c1-21-20(23-18-7-8-19(13-18)26-2)22-14-16-3-5-17(6-4-16)15-24-9-11-25-12-10-24/h3-6,18-19H,7-15H2,1-2H3,(H2,21,22,23). The van der Waals surface area contributed by atoms with E-state index in [0.29, 0.717) is 6.04 Å². The van der Waals surface area contributed by atoms with Crippen LogP contribution in [0, 0.1) is 0 Å². The maximum absolute atomic E-state index is 5.41. The predicted molar refractivity (Wildman–Crippen MR) is 111 cm³/mol. The van der Waals surface area contributed by atoms with Crippen LogP contribution in [-0.4, -0.2) is 61.8 Å². The molecule has 6 heteroatoms. The molecule has 2 aliphatic rings. The smallest absolute Gasteiger partial charge is 0.191 e. The van der Waals surface area contributed by atoms with Gasteiger partial charge < -0.3 is 15.4 Å². The largest absolute Gasteiger partial charge is 0.379 e. The molecule has 2 N–H and O–H groups in total. The van der Waals surface area contributed by atoms with Gasteiger partial charge in [-0.15, -0.1) is 0 Å². The second kappa shape index (κ2) is 10.2. The Morgan fingerprint density at radius 2 is 1.92 bits per heavy atom. The summed E-state index contributed by atoms with van der Waals surface area (Å²) >= 11 is 1.98. The van der Waals surface area contributed by atoms with Crippen LogP contribution in [0.3, 0.4) is 0 Å². The summed E-state index contributed by atoms with van der Waals surface area (Å²) in [6.07, 6.45) is 5.99. The molecule has 1 saturated carbocycles. The van der Waals surface area contributed by atoms with E-state index in [9.17, 15) is 0 Å². The first kappa shape index (κ1) is 19.5. The van der Waals surface area contributed by atoms with Crippen molar-refractivity contribution in [1.82, 2.24) is 15.5 Å². The fourth-order valence-electron chi connectivity index (χ4n) is 3.64. The van der Waals surface area contributed by atoms with Gasteiger partial charge in [0, 0.05) is 44.5 Å². The van der Waals surface area contributed by atoms with E-state index < -0.39 is 0 Å². The highest BCUT2D eigenvalue weighted by molar-refractivity contribution is 7.99. The van der Waals surface area contributed by atoms with E-state index in [1.165, 1.54) is 30.4 Å². The van der Waals surface area contributed by atoms with Gasteiger partial charge in [-0.25, -0.2) is 0 Å². The van der Waals surface area contributed by atoms with Crippen LogP contribution >= 0.6 is 11.8 Å². The van der Waals surface area contributed by atoms with Crippen molar-refractivity contribution in [1.29, 1.82) is 0 Å². The van der Waals surface area contributed by atoms with E-state index in [4.69, 9.17) is 4.74 Å². The molecule has 0 aromatic heterocycles. The lowest BCUT2D eigenvalue weighted by Crippen LogP contribution is -2.42. The number of thioether (sulfide) groups is 1. The number of rotatable bonds is 6. The second-order valence-electron chi connectivity index (χ2n) is 7.14. The molecular formula is C20H32N4OS. The van der Waals surface area contributed by atoms with Crippen molar-refractivity contribution in [3.05, 3.63) is 35.4 Å². The van der Waals surface area contributed by atoms with Gasteiger partial charge in [0.2, 0.25) is 0 Å². The summed E-state index contributed by atoms with van der Waals surface area (Å²) in [5, 5.41) is 7.82. The molecule has 0 spiro atoms. The SMILES string of the molecule is CN=C(NCc1ccc(CN2CCOCC2)cc1)NC1CCC(SC)C1. The molecule has 0 radical (unpaired) electrons. The van der Waals surface area contributed by atoms with Gasteiger partial charge >= 0.3 is 0 Å². The minimum absolute atomic E-state index is 0.551. The summed E-state index contributed by atoms with van der Waals surface area (Å²) in [7, 11) is 1.85. The Balaban J connectivity index is 1.43. The third-order valence-electron chi connectivity index (χ3n) is 5.28. The van der Waals surface area contributed by atoms with Crippen molar-refractivity contribution in [2.75, 3.05) is 39.6 Å². The number of nitrogens with zero attached hydrogens (tertiary/aromatic N) is 2. The Bertz CT molecular complexity index is 572. The molecule has 3 rings (SSSR count). The lowest BCUT2D eigenvalue weighted by Gasteiger charge is -2.26. The molecule has 1 aliphatic carbocycles. The van der Waals surface area contributed by atoms with Gasteiger partial charge in [-0.3, -0.25) is 9.89 Å². The van der Waals surface area contributed by atoms with Crippen LogP contribution in [0.2, 0.25) is 0 Å². The van der Waals surface area contributed by atoms with Crippen LogP contribution in [0.15, 0.2) is 29.3 Å². The third-order valence-corrected chi connectivity index (χ3v) is 6.37. The first-order chi connectivity index (χ1) is 12.8. The summed E-state index contributed by atoms with van der Waals surface area (Å²) in [5.74, 6) is 0.911. The van der Waals surface area contributed by atoms with Crippen LogP contribution in [-0.2, 0) is 17.8 Å². The molecule has 2 fully saturated rings. The van der Waals surface area contributed by atoms with Crippen molar-refractivity contribution >= 4 is 17.7 Å². The minimum atomic E-state index is 0.551. The van der Waals surface area contributed by atoms with Crippen LogP contribution in [0.1, 0.15) is 30.4 Å². The van der Waals surface area contributed by atoms with Crippen LogP contribution in [0.4, 0.5) is 0 Å². The molecule has 0 bridgehead atoms. The number of benzene rings is 1. The first-order valence-electron chi connectivity index (χ1n) is 9.64. The Hall–Kier alpha value is -1.24. The van der Waals surface area contributed by atoms with Crippen molar-refractivity contribution < 1.29 is 4.74 Å². The first-order valence-corrected chi connectivity index (χ1v) is 10.9. The van der Waals surface area contributed by atoms with Gasteiger partial charge in [0.25, 0.3) is 0 Å². The van der Waals surface area contributed by atoms with Gasteiger partial charge in [-0.2, -0.15) is 11.8 Å². The van der Waals surface area contributed by atoms with E-state index >= 15 is 0 Å². The molecule has 26 heavy (non-hydrogen) atoms. The van der Waals surface area contributed by atoms with E-state index in [-0.39, 0.29) is 0 Å². The zero-order chi connectivity index (χ0) is 18.2. The number of aliphatic imine (C=N–C) groups is 1. The summed E-state index contributed by atoms with van der Waals surface area (Å²) in [5.41, 5.74) is 2.65. The fourth-order valence-corrected chi connectivity index (χ4v) is 4.44. The molecule has 2 atom stereocenters. The maximum Gasteiger partial charge on any atom is 0.191 e. The highest BCUT2D eigenvalue weighted by Crippen LogP contribution is 2.28. The minimum Gasteiger partial charge on any atom is -0.379 e. The van der Waals surface area contributed by atoms with Gasteiger partial charge in [0.05, 0.1) is 13.2 Å². The quantitative estimate of drug-likeness (QED) is 0.590. The Kier molecular flexibility index (Phi) is 7.65. The van der Waals surface area contributed by atoms with E-state index in [1.807, 2.05) is 18.8 Å². The second-order valence-corrected chi connectivity index (χ2v) is 8.28. The van der Waals surface area contributed by atoms with Crippen LogP contribution < -0.4 is 10.6 Å². The number of nitrogens with one attached hydrogen (secondary N) is 2. The zero-order valence-electron chi connectivity index (χ0n) is 16.0. The maximum atomic E-state index is 5.41. The summed E-state index contributed by atoms with van der Waals surface area (Å²) in [6, 6.07) is 9.46. The van der Waals surface area contributed by atoms with E-state index in [1.54, 1.807) is 0 Å². The number of ether oxygens (including phenoxy) is 1. The van der Waals surface area contributed by atoms with E-state index in [0.717, 1.165) is 50.6 Å². The monoisotopic (exact) mass is 376 g/mol. The highest BCUT2D eigenvalue weighted by Gasteiger charge is 2.24. The Morgan fingerprint density at radius 1 is 1.19 bits per heavy atom. The molecule has 1 aromatic carbocycles. The molecule has 144 valence electrons. The predicted octanol–water partition coefficient (Wildman–Crippen LogP) is 2.47. The van der Waals surface area contributed by atoms with Crippen molar-refractivity contribution in [3.8, 4) is 0 Å². The molecule has 5 nitrogen and oxygen atoms in total. The molecular weight excluding hydrogens is 344 g/mol. The molecule has 2 unspecified atom stereocenters. The lowest BCUT2D eigenvalue weighted by molar-refractivity contribution is 0.0342. The lowest BCUT2D eigenvalue weighted by atomic mass is 10.1. The topological polar surface area (TPSA) is 48.9 Å². The normalized spacial score (nSPS) is 24.6. The van der Waals surface area contributed by atoms with Gasteiger partial charge in [0.15, 0.2) is 5.96 Å². The molecule has 1 saturated heterocycles. The summed E-state index contributed by atoms with van der Waals surface area (Å²) in [4.78, 5) is 6.83. The summed E-state index contributed by atoms with van der Waals surface area (Å²) < 4.78 is 5.41. The number of hydrogen-bond acceptors (Lipinski definition) is 4. The fraction of sp³-hybridized carbons (Fsp3) is 0.650. The Morgan fingerprint density at radius 3 is 2.58 bits per heavy atom. The van der Waals surface area contributed by atoms with Crippen molar-refractivity contribution in [2.24, 2.45) is 4.99 Å². The Labute approximate surface area is 162 Å². The summed E-state index contributed by atoms with van der Waals surface area (Å²) in [6.45, 7) is 5.59. The average molecular weight is 377 g/mol. The van der Waals surface area contributed by atoms with E-state index in [2.05, 4.69) is 51.0 Å². The molecule has 1 aliphatic heterocycles. The zero-order valence-corrected chi connectivity index (χ0v) is 16.9. The number of hydrogen-bond donors (Lipinski definition) is 2. The third kappa shape index (κ3) is 5.89. The molecule has 1 heterocycles. The highest BCUT2D eigenvalue weighted by atomic mass is 32.2. The van der Waals surface area contributed by atoms with Gasteiger partial charge in [-0.05, 0) is 36.6 Å². The molecule has 0 amide bonds. The number of morpholine rings is 1.